The molecule has 2 saturated heterocycles. The molecule has 0 aromatic rings. The second kappa shape index (κ2) is 6.53. The third kappa shape index (κ3) is 3.23. The Kier molecular flexibility index (Phi) is 5.01. The monoisotopic (exact) mass is 253 g/mol. The number of nitrogens with one attached hydrogen (secondary N) is 1. The average Bonchev–Trinajstić information content (AvgIpc) is 2.73. The fraction of sp³-hybridized carbons (Fsp3) is 0.929. The summed E-state index contributed by atoms with van der Waals surface area (Å²) in [6.07, 6.45) is 6.44. The Balaban J connectivity index is 1.72. The number of carbonyl (C=O) groups excluding carboxylic acids is 1. The highest BCUT2D eigenvalue weighted by molar-refractivity contribution is 5.80. The van der Waals surface area contributed by atoms with E-state index in [-0.39, 0.29) is 12.1 Å². The van der Waals surface area contributed by atoms with Gasteiger partial charge in [-0.1, -0.05) is 13.3 Å². The van der Waals surface area contributed by atoms with Gasteiger partial charge in [0, 0.05) is 19.1 Å². The molecule has 1 N–H and O–H groups in total. The number of hydrogen-bond acceptors (Lipinski definition) is 3. The van der Waals surface area contributed by atoms with Gasteiger partial charge >= 0.3 is 0 Å². The van der Waals surface area contributed by atoms with Gasteiger partial charge in [0.05, 0.1) is 12.7 Å². The van der Waals surface area contributed by atoms with E-state index in [9.17, 15) is 4.79 Å². The van der Waals surface area contributed by atoms with Crippen molar-refractivity contribution in [2.45, 2.75) is 58.2 Å². The zero-order valence-corrected chi connectivity index (χ0v) is 11.8. The van der Waals surface area contributed by atoms with Crippen molar-refractivity contribution in [1.82, 2.24) is 15.1 Å². The molecule has 2 atom stereocenters. The Morgan fingerprint density at radius 2 is 2.17 bits per heavy atom. The predicted molar refractivity (Wildman–Crippen MR) is 73.3 cm³/mol. The van der Waals surface area contributed by atoms with Crippen molar-refractivity contribution in [1.29, 1.82) is 0 Å². The SMILES string of the molecule is CCC1NCC(=O)N1CCCN1CCCCC1C. The van der Waals surface area contributed by atoms with E-state index in [0.29, 0.717) is 6.54 Å². The maximum Gasteiger partial charge on any atom is 0.237 e. The fourth-order valence-electron chi connectivity index (χ4n) is 3.17. The first kappa shape index (κ1) is 13.8. The molecular weight excluding hydrogens is 226 g/mol. The van der Waals surface area contributed by atoms with Gasteiger partial charge < -0.3 is 9.80 Å². The Morgan fingerprint density at radius 1 is 1.33 bits per heavy atom. The van der Waals surface area contributed by atoms with Gasteiger partial charge in [-0.2, -0.15) is 0 Å². The second-order valence-corrected chi connectivity index (χ2v) is 5.63. The maximum absolute atomic E-state index is 11.7. The smallest absolute Gasteiger partial charge is 0.237 e. The van der Waals surface area contributed by atoms with E-state index in [1.165, 1.54) is 25.8 Å². The lowest BCUT2D eigenvalue weighted by Crippen LogP contribution is -2.41. The lowest BCUT2D eigenvalue weighted by molar-refractivity contribution is -0.128. The predicted octanol–water partition coefficient (Wildman–Crippen LogP) is 1.42. The van der Waals surface area contributed by atoms with Crippen LogP contribution in [0.4, 0.5) is 0 Å². The molecule has 2 aliphatic rings. The van der Waals surface area contributed by atoms with Gasteiger partial charge in [0.25, 0.3) is 0 Å². The molecule has 0 bridgehead atoms. The summed E-state index contributed by atoms with van der Waals surface area (Å²) in [4.78, 5) is 16.3. The average molecular weight is 253 g/mol. The van der Waals surface area contributed by atoms with Crippen molar-refractivity contribution in [3.63, 3.8) is 0 Å². The van der Waals surface area contributed by atoms with Crippen LogP contribution in [0.5, 0.6) is 0 Å². The van der Waals surface area contributed by atoms with Crippen LogP contribution in [0.1, 0.15) is 46.0 Å². The highest BCUT2D eigenvalue weighted by Crippen LogP contribution is 2.17. The van der Waals surface area contributed by atoms with Crippen molar-refractivity contribution in [2.24, 2.45) is 0 Å². The van der Waals surface area contributed by atoms with Crippen LogP contribution in [-0.4, -0.2) is 54.1 Å². The van der Waals surface area contributed by atoms with E-state index in [0.717, 1.165) is 32.0 Å². The number of likely N-dealkylation sites (tertiary alicyclic amines) is 1. The van der Waals surface area contributed by atoms with E-state index in [4.69, 9.17) is 0 Å². The Hall–Kier alpha value is -0.610. The minimum absolute atomic E-state index is 0.272. The van der Waals surface area contributed by atoms with Crippen molar-refractivity contribution in [3.8, 4) is 0 Å². The zero-order chi connectivity index (χ0) is 13.0. The summed E-state index contributed by atoms with van der Waals surface area (Å²) in [6, 6.07) is 0.730. The number of rotatable bonds is 5. The van der Waals surface area contributed by atoms with E-state index in [1.54, 1.807) is 0 Å². The number of amides is 1. The highest BCUT2D eigenvalue weighted by Gasteiger charge is 2.28. The summed E-state index contributed by atoms with van der Waals surface area (Å²) in [5.41, 5.74) is 0. The van der Waals surface area contributed by atoms with E-state index >= 15 is 0 Å². The Bertz CT molecular complexity index is 282. The van der Waals surface area contributed by atoms with Crippen LogP contribution in [0.15, 0.2) is 0 Å². The molecule has 18 heavy (non-hydrogen) atoms. The van der Waals surface area contributed by atoms with Gasteiger partial charge in [-0.3, -0.25) is 10.1 Å². The van der Waals surface area contributed by atoms with Gasteiger partial charge in [-0.25, -0.2) is 0 Å². The summed E-state index contributed by atoms with van der Waals surface area (Å²) < 4.78 is 0. The highest BCUT2D eigenvalue weighted by atomic mass is 16.2. The molecule has 0 aromatic carbocycles. The van der Waals surface area contributed by atoms with E-state index < -0.39 is 0 Å². The molecule has 4 nitrogen and oxygen atoms in total. The van der Waals surface area contributed by atoms with Gasteiger partial charge in [-0.05, 0) is 39.2 Å². The quantitative estimate of drug-likeness (QED) is 0.805. The topological polar surface area (TPSA) is 35.6 Å². The number of piperidine rings is 1. The molecule has 2 fully saturated rings. The minimum Gasteiger partial charge on any atom is -0.326 e. The molecule has 2 unspecified atom stereocenters. The third-order valence-corrected chi connectivity index (χ3v) is 4.36. The molecule has 2 rings (SSSR count). The summed E-state index contributed by atoms with van der Waals surface area (Å²) >= 11 is 0. The van der Waals surface area contributed by atoms with Crippen molar-refractivity contribution >= 4 is 5.91 Å². The molecule has 2 heterocycles. The van der Waals surface area contributed by atoms with Gasteiger partial charge in [0.1, 0.15) is 0 Å². The molecule has 104 valence electrons. The van der Waals surface area contributed by atoms with Crippen LogP contribution in [0.25, 0.3) is 0 Å². The van der Waals surface area contributed by atoms with Crippen LogP contribution < -0.4 is 5.32 Å². The molecule has 1 amide bonds. The van der Waals surface area contributed by atoms with Crippen molar-refractivity contribution in [3.05, 3.63) is 0 Å². The van der Waals surface area contributed by atoms with Crippen LogP contribution in [0, 0.1) is 0 Å². The molecule has 0 aromatic heterocycles. The minimum atomic E-state index is 0.272. The van der Waals surface area contributed by atoms with Crippen LogP contribution in [0.2, 0.25) is 0 Å². The molecule has 0 aliphatic carbocycles. The van der Waals surface area contributed by atoms with Gasteiger partial charge in [-0.15, -0.1) is 0 Å². The fourth-order valence-corrected chi connectivity index (χ4v) is 3.17. The standard InChI is InChI=1S/C14H27N3O/c1-3-13-15-11-14(18)17(13)10-6-9-16-8-5-4-7-12(16)2/h12-13,15H,3-11H2,1-2H3. The first-order valence-electron chi connectivity index (χ1n) is 7.49. The molecule has 0 spiro atoms. The number of hydrogen-bond donors (Lipinski definition) is 1. The molecule has 0 saturated carbocycles. The summed E-state index contributed by atoms with van der Waals surface area (Å²) in [5.74, 6) is 0.272. The maximum atomic E-state index is 11.7. The lowest BCUT2D eigenvalue weighted by atomic mass is 10.0. The largest absolute Gasteiger partial charge is 0.326 e. The molecule has 2 aliphatic heterocycles. The van der Waals surface area contributed by atoms with E-state index in [1.807, 2.05) is 4.90 Å². The molecular formula is C14H27N3O. The summed E-state index contributed by atoms with van der Waals surface area (Å²) in [6.45, 7) is 8.28. The van der Waals surface area contributed by atoms with Crippen LogP contribution in [-0.2, 0) is 4.79 Å². The summed E-state index contributed by atoms with van der Waals surface area (Å²) in [5, 5.41) is 3.27. The second-order valence-electron chi connectivity index (χ2n) is 5.63. The normalized spacial score (nSPS) is 30.1. The number of carbonyl (C=O) groups is 1. The first-order chi connectivity index (χ1) is 8.72. The Morgan fingerprint density at radius 3 is 2.89 bits per heavy atom. The van der Waals surface area contributed by atoms with Crippen molar-refractivity contribution < 1.29 is 4.79 Å². The Labute approximate surface area is 111 Å². The lowest BCUT2D eigenvalue weighted by Gasteiger charge is -2.34. The molecule has 0 radical (unpaired) electrons. The van der Waals surface area contributed by atoms with Crippen LogP contribution >= 0.6 is 0 Å². The van der Waals surface area contributed by atoms with Gasteiger partial charge in [0.15, 0.2) is 0 Å². The zero-order valence-electron chi connectivity index (χ0n) is 11.8. The third-order valence-electron chi connectivity index (χ3n) is 4.36. The molecule has 4 heteroatoms. The first-order valence-corrected chi connectivity index (χ1v) is 7.49. The van der Waals surface area contributed by atoms with Gasteiger partial charge in [0.2, 0.25) is 5.91 Å². The van der Waals surface area contributed by atoms with E-state index in [2.05, 4.69) is 24.1 Å². The number of nitrogens with zero attached hydrogens (tertiary/aromatic N) is 2. The summed E-state index contributed by atoms with van der Waals surface area (Å²) in [7, 11) is 0. The van der Waals surface area contributed by atoms with Crippen molar-refractivity contribution in [2.75, 3.05) is 26.2 Å². The van der Waals surface area contributed by atoms with Crippen LogP contribution in [0.3, 0.4) is 0 Å².